The average Bonchev–Trinajstić information content (AvgIpc) is 2.73. The highest BCUT2D eigenvalue weighted by Crippen LogP contribution is 2.35. The molecule has 0 atom stereocenters. The van der Waals surface area contributed by atoms with Gasteiger partial charge < -0.3 is 10.6 Å². The summed E-state index contributed by atoms with van der Waals surface area (Å²) in [4.78, 5) is 14.3. The zero-order valence-electron chi connectivity index (χ0n) is 17.1. The lowest BCUT2D eigenvalue weighted by molar-refractivity contribution is -0.136. The van der Waals surface area contributed by atoms with Crippen LogP contribution >= 0.6 is 24.0 Å². The number of amides is 1. The summed E-state index contributed by atoms with van der Waals surface area (Å²) < 4.78 is 0. The van der Waals surface area contributed by atoms with Crippen molar-refractivity contribution in [3.63, 3.8) is 0 Å². The van der Waals surface area contributed by atoms with Gasteiger partial charge in [-0.15, -0.1) is 17.5 Å². The predicted molar refractivity (Wildman–Crippen MR) is 124 cm³/mol. The fourth-order valence-electron chi connectivity index (χ4n) is 4.01. The van der Waals surface area contributed by atoms with E-state index in [1.807, 2.05) is 41.3 Å². The van der Waals surface area contributed by atoms with Crippen molar-refractivity contribution in [2.45, 2.75) is 38.1 Å². The fourth-order valence-corrected chi connectivity index (χ4v) is 4.14. The van der Waals surface area contributed by atoms with Crippen molar-refractivity contribution in [3.05, 3.63) is 59.2 Å². The van der Waals surface area contributed by atoms with E-state index in [2.05, 4.69) is 22.3 Å². The van der Waals surface area contributed by atoms with E-state index in [-0.39, 0.29) is 24.2 Å². The van der Waals surface area contributed by atoms with Gasteiger partial charge in [0.05, 0.1) is 11.2 Å². The minimum absolute atomic E-state index is 0. The van der Waals surface area contributed by atoms with E-state index >= 15 is 0 Å². The second-order valence-corrected chi connectivity index (χ2v) is 8.71. The number of piperidine rings is 1. The smallest absolute Gasteiger partial charge is 0.242 e. The second-order valence-electron chi connectivity index (χ2n) is 8.27. The summed E-state index contributed by atoms with van der Waals surface area (Å²) in [5, 5.41) is 12.1. The van der Waals surface area contributed by atoms with Crippen molar-refractivity contribution in [1.29, 1.82) is 0 Å². The third kappa shape index (κ3) is 4.43. The lowest BCUT2D eigenvalue weighted by Gasteiger charge is -2.35. The number of carbonyl (C=O) groups excluding carboxylic acids is 1. The maximum atomic E-state index is 12.5. The Hall–Kier alpha value is -2.21. The van der Waals surface area contributed by atoms with Crippen LogP contribution in [0.25, 0.3) is 22.0 Å². The van der Waals surface area contributed by atoms with Gasteiger partial charge in [0.15, 0.2) is 0 Å². The van der Waals surface area contributed by atoms with Gasteiger partial charge in [-0.1, -0.05) is 48.0 Å². The lowest BCUT2D eigenvalue weighted by Crippen LogP contribution is -2.53. The molecular formula is C23H26Cl2N4O. The second kappa shape index (κ2) is 8.88. The van der Waals surface area contributed by atoms with E-state index in [1.165, 1.54) is 0 Å². The molecule has 0 spiro atoms. The number of likely N-dealkylation sites (tertiary alicyclic amines) is 1. The van der Waals surface area contributed by atoms with Gasteiger partial charge in [-0.25, -0.2) is 0 Å². The Kier molecular flexibility index (Phi) is 6.65. The first kappa shape index (κ1) is 22.5. The molecule has 7 heteroatoms. The van der Waals surface area contributed by atoms with E-state index in [9.17, 15) is 4.79 Å². The molecule has 4 rings (SSSR count). The third-order valence-corrected chi connectivity index (χ3v) is 5.81. The Morgan fingerprint density at radius 3 is 2.23 bits per heavy atom. The molecule has 2 N–H and O–H groups in total. The minimum Gasteiger partial charge on any atom is -0.341 e. The first-order valence-electron chi connectivity index (χ1n) is 9.94. The molecule has 3 aromatic rings. The lowest BCUT2D eigenvalue weighted by atomic mass is 9.89. The molecule has 1 amide bonds. The molecule has 5 nitrogen and oxygen atoms in total. The molecule has 0 unspecified atom stereocenters. The molecule has 2 heterocycles. The van der Waals surface area contributed by atoms with Gasteiger partial charge in [0.2, 0.25) is 5.91 Å². The molecule has 30 heavy (non-hydrogen) atoms. The van der Waals surface area contributed by atoms with Crippen LogP contribution in [0.5, 0.6) is 0 Å². The number of halogens is 2. The van der Waals surface area contributed by atoms with Crippen molar-refractivity contribution in [2.24, 2.45) is 5.73 Å². The van der Waals surface area contributed by atoms with Crippen molar-refractivity contribution >= 4 is 40.7 Å². The highest BCUT2D eigenvalue weighted by molar-refractivity contribution is 6.30. The van der Waals surface area contributed by atoms with E-state index in [1.54, 1.807) is 13.8 Å². The van der Waals surface area contributed by atoms with E-state index in [4.69, 9.17) is 17.3 Å². The molecule has 1 aliphatic rings. The number of nitrogens with two attached hydrogens (primary N) is 1. The van der Waals surface area contributed by atoms with Crippen LogP contribution in [0.2, 0.25) is 5.02 Å². The quantitative estimate of drug-likeness (QED) is 0.628. The van der Waals surface area contributed by atoms with Crippen molar-refractivity contribution < 1.29 is 4.79 Å². The molecule has 2 aromatic carbocycles. The van der Waals surface area contributed by atoms with E-state index < -0.39 is 5.54 Å². The summed E-state index contributed by atoms with van der Waals surface area (Å²) in [5.41, 5.74) is 8.02. The van der Waals surface area contributed by atoms with Gasteiger partial charge >= 0.3 is 0 Å². The molecule has 0 radical (unpaired) electrons. The van der Waals surface area contributed by atoms with Crippen LogP contribution in [0.15, 0.2) is 48.5 Å². The molecule has 0 saturated carbocycles. The molecule has 1 aromatic heterocycles. The zero-order valence-corrected chi connectivity index (χ0v) is 18.7. The van der Waals surface area contributed by atoms with Crippen LogP contribution in [0.1, 0.15) is 38.3 Å². The minimum atomic E-state index is -0.834. The van der Waals surface area contributed by atoms with E-state index in [0.29, 0.717) is 18.1 Å². The fraction of sp³-hybridized carbons (Fsp3) is 0.348. The summed E-state index contributed by atoms with van der Waals surface area (Å²) >= 11 is 6.03. The Morgan fingerprint density at radius 1 is 1.03 bits per heavy atom. The summed E-state index contributed by atoms with van der Waals surface area (Å²) in [6.07, 6.45) is 1.72. The average molecular weight is 445 g/mol. The summed E-state index contributed by atoms with van der Waals surface area (Å²) in [6, 6.07) is 15.9. The number of hydrogen-bond donors (Lipinski definition) is 1. The first-order chi connectivity index (χ1) is 13.8. The SMILES string of the molecule is CC(C)(N)C(=O)N1CCC(c2nnc(-c3ccc(Cl)cc3)c3ccccc23)CC1.Cl. The predicted octanol–water partition coefficient (Wildman–Crippen LogP) is 4.82. The summed E-state index contributed by atoms with van der Waals surface area (Å²) in [6.45, 7) is 4.91. The Labute approximate surface area is 188 Å². The summed E-state index contributed by atoms with van der Waals surface area (Å²) in [7, 11) is 0. The van der Waals surface area contributed by atoms with Gasteiger partial charge in [-0.05, 0) is 38.8 Å². The van der Waals surface area contributed by atoms with Crippen LogP contribution < -0.4 is 5.73 Å². The number of rotatable bonds is 3. The van der Waals surface area contributed by atoms with E-state index in [0.717, 1.165) is 40.6 Å². The number of benzene rings is 2. The molecule has 1 fully saturated rings. The number of carbonyl (C=O) groups is 1. The monoisotopic (exact) mass is 444 g/mol. The molecule has 0 bridgehead atoms. The van der Waals surface area contributed by atoms with Gasteiger partial charge in [0.1, 0.15) is 5.69 Å². The van der Waals surface area contributed by atoms with Gasteiger partial charge in [0.25, 0.3) is 0 Å². The van der Waals surface area contributed by atoms with Crippen molar-refractivity contribution in [1.82, 2.24) is 15.1 Å². The highest BCUT2D eigenvalue weighted by atomic mass is 35.5. The standard InChI is InChI=1S/C23H25ClN4O.ClH/c1-23(2,25)22(29)28-13-11-16(12-14-28)21-19-6-4-3-5-18(19)20(26-27-21)15-7-9-17(24)10-8-15;/h3-10,16H,11-14,25H2,1-2H3;1H. The largest absolute Gasteiger partial charge is 0.341 e. The van der Waals surface area contributed by atoms with Crippen LogP contribution in [-0.4, -0.2) is 39.6 Å². The van der Waals surface area contributed by atoms with Crippen LogP contribution in [0, 0.1) is 0 Å². The number of nitrogens with zero attached hydrogens (tertiary/aromatic N) is 3. The number of hydrogen-bond acceptors (Lipinski definition) is 4. The maximum Gasteiger partial charge on any atom is 0.242 e. The van der Waals surface area contributed by atoms with Gasteiger partial charge in [-0.3, -0.25) is 4.79 Å². The van der Waals surface area contributed by atoms with Crippen LogP contribution in [-0.2, 0) is 4.79 Å². The Bertz CT molecular complexity index is 1040. The van der Waals surface area contributed by atoms with Crippen molar-refractivity contribution in [2.75, 3.05) is 13.1 Å². The molecular weight excluding hydrogens is 419 g/mol. The van der Waals surface area contributed by atoms with Crippen LogP contribution in [0.3, 0.4) is 0 Å². The van der Waals surface area contributed by atoms with Gasteiger partial charge in [-0.2, -0.15) is 5.10 Å². The Morgan fingerprint density at radius 2 is 1.63 bits per heavy atom. The highest BCUT2D eigenvalue weighted by Gasteiger charge is 2.32. The zero-order chi connectivity index (χ0) is 20.6. The number of aromatic nitrogens is 2. The molecule has 158 valence electrons. The molecule has 0 aliphatic carbocycles. The summed E-state index contributed by atoms with van der Waals surface area (Å²) in [5.74, 6) is 0.279. The third-order valence-electron chi connectivity index (χ3n) is 5.55. The number of fused-ring (bicyclic) bond motifs is 1. The first-order valence-corrected chi connectivity index (χ1v) is 10.3. The topological polar surface area (TPSA) is 72.1 Å². The normalized spacial score (nSPS) is 15.1. The van der Waals surface area contributed by atoms with Crippen LogP contribution in [0.4, 0.5) is 0 Å². The molecule has 1 saturated heterocycles. The van der Waals surface area contributed by atoms with Crippen molar-refractivity contribution in [3.8, 4) is 11.3 Å². The molecule has 1 aliphatic heterocycles. The maximum absolute atomic E-state index is 12.5. The Balaban J connectivity index is 0.00000256. The van der Waals surface area contributed by atoms with Gasteiger partial charge in [0, 0.05) is 40.4 Å².